The number of carbonyl (C=O) groups excluding carboxylic acids is 1. The number of nitrogens with zero attached hydrogens (tertiary/aromatic N) is 5. The summed E-state index contributed by atoms with van der Waals surface area (Å²) in [6.07, 6.45) is 3.49. The van der Waals surface area contributed by atoms with Gasteiger partial charge in [-0.2, -0.15) is 0 Å². The Balaban J connectivity index is 1.55. The van der Waals surface area contributed by atoms with Gasteiger partial charge in [-0.1, -0.05) is 18.2 Å². The summed E-state index contributed by atoms with van der Waals surface area (Å²) in [5.41, 5.74) is 1.75. The lowest BCUT2D eigenvalue weighted by Crippen LogP contribution is -2.49. The van der Waals surface area contributed by atoms with Gasteiger partial charge in [0.05, 0.1) is 4.47 Å². The Morgan fingerprint density at radius 2 is 1.72 bits per heavy atom. The van der Waals surface area contributed by atoms with E-state index in [0.29, 0.717) is 18.8 Å². The van der Waals surface area contributed by atoms with E-state index >= 15 is 0 Å². The smallest absolute Gasteiger partial charge is 0.271 e. The van der Waals surface area contributed by atoms with E-state index in [9.17, 15) is 4.79 Å². The van der Waals surface area contributed by atoms with Crippen LogP contribution in [0.25, 0.3) is 10.9 Å². The lowest BCUT2D eigenvalue weighted by Gasteiger charge is -2.34. The summed E-state index contributed by atoms with van der Waals surface area (Å²) in [7, 11) is 1.94. The van der Waals surface area contributed by atoms with Gasteiger partial charge in [0.2, 0.25) is 5.95 Å². The molecule has 0 atom stereocenters. The monoisotopic (exact) mass is 399 g/mol. The molecular formula is C18H18BrN5O. The highest BCUT2D eigenvalue weighted by molar-refractivity contribution is 9.10. The van der Waals surface area contributed by atoms with Crippen LogP contribution in [0.1, 0.15) is 10.5 Å². The minimum absolute atomic E-state index is 0.0548. The summed E-state index contributed by atoms with van der Waals surface area (Å²) in [5.74, 6) is 0.777. The first kappa shape index (κ1) is 16.1. The number of piperazine rings is 1. The molecule has 0 aliphatic carbocycles. The minimum atomic E-state index is 0.0548. The number of fused-ring (bicyclic) bond motifs is 1. The number of hydrogen-bond acceptors (Lipinski definition) is 4. The fourth-order valence-electron chi connectivity index (χ4n) is 3.30. The van der Waals surface area contributed by atoms with Crippen LogP contribution in [0.4, 0.5) is 5.95 Å². The Hall–Kier alpha value is -2.41. The van der Waals surface area contributed by atoms with Gasteiger partial charge in [0.25, 0.3) is 5.91 Å². The largest absolute Gasteiger partial charge is 0.339 e. The van der Waals surface area contributed by atoms with Gasteiger partial charge < -0.3 is 14.4 Å². The summed E-state index contributed by atoms with van der Waals surface area (Å²) >= 11 is 3.62. The van der Waals surface area contributed by atoms with Crippen molar-refractivity contribution >= 4 is 38.7 Å². The standard InChI is InChI=1S/C18H18BrN5O/c1-22-14-6-3-2-5-13(14)15(19)16(22)17(25)23-9-11-24(12-10-23)18-20-7-4-8-21-18/h2-8H,9-12H2,1H3. The summed E-state index contributed by atoms with van der Waals surface area (Å²) < 4.78 is 2.83. The summed E-state index contributed by atoms with van der Waals surface area (Å²) in [6.45, 7) is 2.78. The molecule has 0 N–H and O–H groups in total. The zero-order valence-corrected chi connectivity index (χ0v) is 15.5. The van der Waals surface area contributed by atoms with Crippen LogP contribution in [-0.4, -0.2) is 51.5 Å². The highest BCUT2D eigenvalue weighted by atomic mass is 79.9. The van der Waals surface area contributed by atoms with Crippen LogP contribution in [0.5, 0.6) is 0 Å². The second-order valence-electron chi connectivity index (χ2n) is 6.07. The number of amides is 1. The summed E-state index contributed by atoms with van der Waals surface area (Å²) in [5, 5.41) is 1.06. The average Bonchev–Trinajstić information content (AvgIpc) is 2.93. The molecule has 2 aromatic heterocycles. The van der Waals surface area contributed by atoms with Gasteiger partial charge in [-0.3, -0.25) is 4.79 Å². The van der Waals surface area contributed by atoms with Crippen molar-refractivity contribution < 1.29 is 4.79 Å². The van der Waals surface area contributed by atoms with Crippen molar-refractivity contribution in [2.24, 2.45) is 7.05 Å². The molecule has 1 aliphatic heterocycles. The third-order valence-corrected chi connectivity index (χ3v) is 5.45. The first-order valence-electron chi connectivity index (χ1n) is 8.21. The van der Waals surface area contributed by atoms with Crippen molar-refractivity contribution in [3.63, 3.8) is 0 Å². The molecule has 1 fully saturated rings. The van der Waals surface area contributed by atoms with Crippen LogP contribution >= 0.6 is 15.9 Å². The molecule has 1 aromatic carbocycles. The normalized spacial score (nSPS) is 15.0. The Morgan fingerprint density at radius 1 is 1.04 bits per heavy atom. The van der Waals surface area contributed by atoms with Crippen molar-refractivity contribution in [1.82, 2.24) is 19.4 Å². The lowest BCUT2D eigenvalue weighted by molar-refractivity contribution is 0.0736. The highest BCUT2D eigenvalue weighted by Gasteiger charge is 2.27. The topological polar surface area (TPSA) is 54.3 Å². The number of rotatable bonds is 2. The van der Waals surface area contributed by atoms with Crippen LogP contribution < -0.4 is 4.90 Å². The van der Waals surface area contributed by atoms with Gasteiger partial charge in [-0.25, -0.2) is 9.97 Å². The average molecular weight is 400 g/mol. The maximum Gasteiger partial charge on any atom is 0.271 e. The Labute approximate surface area is 154 Å². The SMILES string of the molecule is Cn1c(C(=O)N2CCN(c3ncccn3)CC2)c(Br)c2ccccc21. The van der Waals surface area contributed by atoms with Crippen LogP contribution in [0.2, 0.25) is 0 Å². The van der Waals surface area contributed by atoms with Gasteiger partial charge in [0.1, 0.15) is 5.69 Å². The van der Waals surface area contributed by atoms with Crippen LogP contribution in [0, 0.1) is 0 Å². The molecule has 1 saturated heterocycles. The molecule has 1 aliphatic rings. The van der Waals surface area contributed by atoms with E-state index in [2.05, 4.69) is 30.8 Å². The van der Waals surface area contributed by atoms with Gasteiger partial charge in [0.15, 0.2) is 0 Å². The van der Waals surface area contributed by atoms with E-state index in [-0.39, 0.29) is 5.91 Å². The Morgan fingerprint density at radius 3 is 2.40 bits per heavy atom. The Bertz CT molecular complexity index is 877. The molecule has 0 unspecified atom stereocenters. The molecule has 7 heteroatoms. The number of hydrogen-bond donors (Lipinski definition) is 0. The predicted octanol–water partition coefficient (Wildman–Crippen LogP) is 2.69. The molecule has 3 heterocycles. The quantitative estimate of drug-likeness (QED) is 0.664. The molecule has 0 spiro atoms. The van der Waals surface area contributed by atoms with Crippen molar-refractivity contribution in [3.8, 4) is 0 Å². The summed E-state index contributed by atoms with van der Waals surface area (Å²) in [4.78, 5) is 25.7. The third kappa shape index (κ3) is 2.78. The van der Waals surface area contributed by atoms with Crippen molar-refractivity contribution in [2.45, 2.75) is 0 Å². The van der Waals surface area contributed by atoms with E-state index in [0.717, 1.165) is 34.4 Å². The van der Waals surface area contributed by atoms with Gasteiger partial charge >= 0.3 is 0 Å². The van der Waals surface area contributed by atoms with Gasteiger partial charge in [-0.05, 0) is 28.1 Å². The Kier molecular flexibility index (Phi) is 4.17. The molecular weight excluding hydrogens is 382 g/mol. The number of carbonyl (C=O) groups is 1. The number of para-hydroxylation sites is 1. The number of aryl methyl sites for hydroxylation is 1. The fraction of sp³-hybridized carbons (Fsp3) is 0.278. The van der Waals surface area contributed by atoms with Gasteiger partial charge in [0, 0.05) is 56.5 Å². The van der Waals surface area contributed by atoms with Crippen molar-refractivity contribution in [1.29, 1.82) is 0 Å². The van der Waals surface area contributed by atoms with E-state index in [1.54, 1.807) is 18.5 Å². The molecule has 6 nitrogen and oxygen atoms in total. The molecule has 3 aromatic rings. The first-order chi connectivity index (χ1) is 12.2. The predicted molar refractivity (Wildman–Crippen MR) is 101 cm³/mol. The van der Waals surface area contributed by atoms with Crippen LogP contribution in [0.3, 0.4) is 0 Å². The number of benzene rings is 1. The van der Waals surface area contributed by atoms with E-state index in [1.165, 1.54) is 0 Å². The third-order valence-electron chi connectivity index (χ3n) is 4.65. The maximum atomic E-state index is 13.1. The number of halogens is 1. The molecule has 25 heavy (non-hydrogen) atoms. The first-order valence-corrected chi connectivity index (χ1v) is 9.00. The summed E-state index contributed by atoms with van der Waals surface area (Å²) in [6, 6.07) is 9.84. The van der Waals surface area contributed by atoms with Crippen LogP contribution in [0.15, 0.2) is 47.2 Å². The zero-order chi connectivity index (χ0) is 17.4. The van der Waals surface area contributed by atoms with Crippen molar-refractivity contribution in [3.05, 3.63) is 52.9 Å². The second-order valence-corrected chi connectivity index (χ2v) is 6.86. The molecule has 128 valence electrons. The van der Waals surface area contributed by atoms with Crippen molar-refractivity contribution in [2.75, 3.05) is 31.1 Å². The fourth-order valence-corrected chi connectivity index (χ4v) is 4.07. The molecule has 0 bridgehead atoms. The number of aromatic nitrogens is 3. The lowest BCUT2D eigenvalue weighted by atomic mass is 10.2. The van der Waals surface area contributed by atoms with E-state index in [4.69, 9.17) is 0 Å². The maximum absolute atomic E-state index is 13.1. The second kappa shape index (κ2) is 6.48. The number of anilines is 1. The molecule has 1 amide bonds. The zero-order valence-electron chi connectivity index (χ0n) is 13.9. The van der Waals surface area contributed by atoms with E-state index < -0.39 is 0 Å². The molecule has 0 radical (unpaired) electrons. The van der Waals surface area contributed by atoms with Gasteiger partial charge in [-0.15, -0.1) is 0 Å². The molecule has 0 saturated carbocycles. The van der Waals surface area contributed by atoms with E-state index in [1.807, 2.05) is 40.8 Å². The van der Waals surface area contributed by atoms with Crippen LogP contribution in [-0.2, 0) is 7.05 Å². The molecule has 4 rings (SSSR count). The highest BCUT2D eigenvalue weighted by Crippen LogP contribution is 2.31. The minimum Gasteiger partial charge on any atom is -0.339 e.